The van der Waals surface area contributed by atoms with E-state index in [0.29, 0.717) is 11.4 Å². The summed E-state index contributed by atoms with van der Waals surface area (Å²) in [7, 11) is 3.19. The lowest BCUT2D eigenvalue weighted by molar-refractivity contribution is 0.253. The minimum absolute atomic E-state index is 0.252. The summed E-state index contributed by atoms with van der Waals surface area (Å²) in [4.78, 5) is 11.8. The molecule has 0 heterocycles. The van der Waals surface area contributed by atoms with Crippen LogP contribution >= 0.6 is 0 Å². The molecule has 0 aliphatic rings. The second-order valence-corrected chi connectivity index (χ2v) is 4.57. The number of amides is 2. The Bertz CT molecular complexity index is 715. The molecule has 0 saturated heterocycles. The summed E-state index contributed by atoms with van der Waals surface area (Å²) in [5, 5.41) is 5.39. The second-order valence-electron chi connectivity index (χ2n) is 4.57. The highest BCUT2D eigenvalue weighted by atomic mass is 16.5. The molecular formula is C18H18N2O3. The van der Waals surface area contributed by atoms with Gasteiger partial charge in [0.2, 0.25) is 0 Å². The maximum atomic E-state index is 11.8. The van der Waals surface area contributed by atoms with Crippen molar-refractivity contribution in [2.75, 3.05) is 26.1 Å². The van der Waals surface area contributed by atoms with E-state index in [1.165, 1.54) is 0 Å². The third-order valence-electron chi connectivity index (χ3n) is 2.99. The van der Waals surface area contributed by atoms with Gasteiger partial charge in [0, 0.05) is 17.3 Å². The Hall–Kier alpha value is -3.13. The van der Waals surface area contributed by atoms with Crippen LogP contribution in [0.4, 0.5) is 10.5 Å². The highest BCUT2D eigenvalue weighted by molar-refractivity contribution is 5.89. The lowest BCUT2D eigenvalue weighted by atomic mass is 10.2. The van der Waals surface area contributed by atoms with Crippen LogP contribution in [0, 0.1) is 11.8 Å². The molecule has 2 amide bonds. The molecule has 0 radical (unpaired) electrons. The summed E-state index contributed by atoms with van der Waals surface area (Å²) < 4.78 is 10.2. The molecule has 2 rings (SSSR count). The number of methoxy groups -OCH3 is 2. The zero-order valence-corrected chi connectivity index (χ0v) is 13.1. The molecule has 0 unspecified atom stereocenters. The number of carbonyl (C=O) groups excluding carboxylic acids is 1. The smallest absolute Gasteiger partial charge is 0.319 e. The van der Waals surface area contributed by atoms with Gasteiger partial charge in [-0.25, -0.2) is 4.79 Å². The maximum Gasteiger partial charge on any atom is 0.319 e. The van der Waals surface area contributed by atoms with E-state index >= 15 is 0 Å². The minimum atomic E-state index is -0.317. The van der Waals surface area contributed by atoms with E-state index in [1.54, 1.807) is 32.4 Å². The standard InChI is InChI=1S/C18H18N2O3/c1-22-16-10-8-14(9-11-16)5-4-12-19-18(21)20-15-6-3-7-17(13-15)23-2/h3,6-11,13H,12H2,1-2H3,(H2,19,20,21). The predicted molar refractivity (Wildman–Crippen MR) is 89.9 cm³/mol. The Morgan fingerprint density at radius 2 is 1.78 bits per heavy atom. The van der Waals surface area contributed by atoms with Crippen molar-refractivity contribution in [3.8, 4) is 23.3 Å². The van der Waals surface area contributed by atoms with E-state index in [-0.39, 0.29) is 12.6 Å². The van der Waals surface area contributed by atoms with Crippen molar-refractivity contribution in [2.24, 2.45) is 0 Å². The van der Waals surface area contributed by atoms with Gasteiger partial charge in [0.1, 0.15) is 11.5 Å². The van der Waals surface area contributed by atoms with Crippen molar-refractivity contribution in [3.63, 3.8) is 0 Å². The van der Waals surface area contributed by atoms with E-state index in [9.17, 15) is 4.79 Å². The fourth-order valence-corrected chi connectivity index (χ4v) is 1.82. The molecule has 0 atom stereocenters. The number of hydrogen-bond donors (Lipinski definition) is 2. The van der Waals surface area contributed by atoms with Crippen molar-refractivity contribution in [1.82, 2.24) is 5.32 Å². The van der Waals surface area contributed by atoms with Gasteiger partial charge in [-0.15, -0.1) is 0 Å². The topological polar surface area (TPSA) is 59.6 Å². The lowest BCUT2D eigenvalue weighted by Crippen LogP contribution is -2.28. The van der Waals surface area contributed by atoms with E-state index < -0.39 is 0 Å². The molecule has 2 N–H and O–H groups in total. The highest BCUT2D eigenvalue weighted by Crippen LogP contribution is 2.16. The van der Waals surface area contributed by atoms with E-state index in [2.05, 4.69) is 22.5 Å². The summed E-state index contributed by atoms with van der Waals surface area (Å²) in [5.41, 5.74) is 1.52. The molecule has 5 nitrogen and oxygen atoms in total. The van der Waals surface area contributed by atoms with Gasteiger partial charge in [0.05, 0.1) is 20.8 Å². The van der Waals surface area contributed by atoms with Crippen LogP contribution in [0.25, 0.3) is 0 Å². The number of benzene rings is 2. The number of urea groups is 1. The summed E-state index contributed by atoms with van der Waals surface area (Å²) in [6.07, 6.45) is 0. The largest absolute Gasteiger partial charge is 0.497 e. The Kier molecular flexibility index (Phi) is 5.89. The quantitative estimate of drug-likeness (QED) is 0.854. The zero-order valence-electron chi connectivity index (χ0n) is 13.1. The van der Waals surface area contributed by atoms with Crippen LogP contribution in [-0.2, 0) is 0 Å². The van der Waals surface area contributed by atoms with Crippen molar-refractivity contribution in [3.05, 3.63) is 54.1 Å². The number of ether oxygens (including phenoxy) is 2. The van der Waals surface area contributed by atoms with Crippen LogP contribution in [0.5, 0.6) is 11.5 Å². The Morgan fingerprint density at radius 1 is 1.04 bits per heavy atom. The SMILES string of the molecule is COc1ccc(C#CCNC(=O)Nc2cccc(OC)c2)cc1. The number of anilines is 1. The molecule has 0 aliphatic carbocycles. The van der Waals surface area contributed by atoms with Gasteiger partial charge in [-0.1, -0.05) is 17.9 Å². The van der Waals surface area contributed by atoms with Gasteiger partial charge >= 0.3 is 6.03 Å². The number of hydrogen-bond acceptors (Lipinski definition) is 3. The first-order chi connectivity index (χ1) is 11.2. The minimum Gasteiger partial charge on any atom is -0.497 e. The summed E-state index contributed by atoms with van der Waals surface area (Å²) >= 11 is 0. The highest BCUT2D eigenvalue weighted by Gasteiger charge is 2.00. The molecule has 0 aliphatic heterocycles. The lowest BCUT2D eigenvalue weighted by Gasteiger charge is -2.06. The zero-order chi connectivity index (χ0) is 16.5. The molecule has 0 aromatic heterocycles. The second kappa shape index (κ2) is 8.35. The Morgan fingerprint density at radius 3 is 2.48 bits per heavy atom. The van der Waals surface area contributed by atoms with E-state index in [4.69, 9.17) is 9.47 Å². The normalized spacial score (nSPS) is 9.30. The fraction of sp³-hybridized carbons (Fsp3) is 0.167. The van der Waals surface area contributed by atoms with Gasteiger partial charge in [0.25, 0.3) is 0 Å². The molecule has 2 aromatic carbocycles. The fourth-order valence-electron chi connectivity index (χ4n) is 1.82. The molecule has 0 saturated carbocycles. The maximum absolute atomic E-state index is 11.8. The van der Waals surface area contributed by atoms with E-state index in [0.717, 1.165) is 11.3 Å². The first-order valence-corrected chi connectivity index (χ1v) is 7.03. The average Bonchev–Trinajstić information content (AvgIpc) is 2.59. The van der Waals surface area contributed by atoms with Gasteiger partial charge in [0.15, 0.2) is 0 Å². The number of nitrogens with one attached hydrogen (secondary N) is 2. The molecule has 118 valence electrons. The summed E-state index contributed by atoms with van der Waals surface area (Å²) in [6, 6.07) is 14.2. The number of carbonyl (C=O) groups is 1. The molecular weight excluding hydrogens is 292 g/mol. The monoisotopic (exact) mass is 310 g/mol. The average molecular weight is 310 g/mol. The van der Waals surface area contributed by atoms with Gasteiger partial charge < -0.3 is 20.1 Å². The van der Waals surface area contributed by atoms with Gasteiger partial charge in [-0.3, -0.25) is 0 Å². The van der Waals surface area contributed by atoms with Crippen LogP contribution < -0.4 is 20.1 Å². The third kappa shape index (κ3) is 5.29. The third-order valence-corrected chi connectivity index (χ3v) is 2.99. The molecule has 0 fully saturated rings. The van der Waals surface area contributed by atoms with Crippen molar-refractivity contribution >= 4 is 11.7 Å². The predicted octanol–water partition coefficient (Wildman–Crippen LogP) is 2.88. The molecule has 2 aromatic rings. The van der Waals surface area contributed by atoms with Crippen LogP contribution in [0.1, 0.15) is 5.56 Å². The molecule has 23 heavy (non-hydrogen) atoms. The molecule has 5 heteroatoms. The summed E-state index contributed by atoms with van der Waals surface area (Å²) in [6.45, 7) is 0.252. The first-order valence-electron chi connectivity index (χ1n) is 7.03. The van der Waals surface area contributed by atoms with Crippen LogP contribution in [0.15, 0.2) is 48.5 Å². The van der Waals surface area contributed by atoms with Crippen molar-refractivity contribution in [1.29, 1.82) is 0 Å². The molecule has 0 spiro atoms. The summed E-state index contributed by atoms with van der Waals surface area (Å²) in [5.74, 6) is 7.32. The van der Waals surface area contributed by atoms with Crippen molar-refractivity contribution in [2.45, 2.75) is 0 Å². The van der Waals surface area contributed by atoms with Crippen LogP contribution in [0.3, 0.4) is 0 Å². The van der Waals surface area contributed by atoms with Gasteiger partial charge in [-0.2, -0.15) is 0 Å². The van der Waals surface area contributed by atoms with E-state index in [1.807, 2.05) is 30.3 Å². The Balaban J connectivity index is 1.81. The molecule has 0 bridgehead atoms. The first kappa shape index (κ1) is 16.2. The van der Waals surface area contributed by atoms with Gasteiger partial charge in [-0.05, 0) is 36.4 Å². The van der Waals surface area contributed by atoms with Crippen molar-refractivity contribution < 1.29 is 14.3 Å². The number of rotatable bonds is 4. The Labute approximate surface area is 135 Å². The van der Waals surface area contributed by atoms with Crippen LogP contribution in [-0.4, -0.2) is 26.8 Å². The van der Waals surface area contributed by atoms with Crippen LogP contribution in [0.2, 0.25) is 0 Å².